The third-order valence-corrected chi connectivity index (χ3v) is 4.09. The number of halogens is 2. The van der Waals surface area contributed by atoms with E-state index in [0.29, 0.717) is 17.8 Å². The van der Waals surface area contributed by atoms with Gasteiger partial charge in [0.05, 0.1) is 23.2 Å². The first-order valence-electron chi connectivity index (χ1n) is 6.96. The van der Waals surface area contributed by atoms with E-state index in [2.05, 4.69) is 16.5 Å². The van der Waals surface area contributed by atoms with Gasteiger partial charge < -0.3 is 9.30 Å². The molecule has 0 spiro atoms. The third-order valence-electron chi connectivity index (χ3n) is 3.90. The fourth-order valence-corrected chi connectivity index (χ4v) is 3.07. The lowest BCUT2D eigenvalue weighted by atomic mass is 10.0. The average molecular weight is 297 g/mol. The minimum Gasteiger partial charge on any atom is -0.373 e. The van der Waals surface area contributed by atoms with Gasteiger partial charge in [-0.3, -0.25) is 0 Å². The van der Waals surface area contributed by atoms with Gasteiger partial charge in [0, 0.05) is 25.0 Å². The molecule has 0 aliphatic carbocycles. The van der Waals surface area contributed by atoms with Crippen LogP contribution >= 0.6 is 11.6 Å². The standard InChI is InChI=1S/C15H18ClFN2O/c1-15(6-2-8-20-15)10-19-13-4-3-11(17)9-12(13)18-14(19)5-7-16/h3-4,9H,2,5-8,10H2,1H3. The number of fused-ring (bicyclic) bond motifs is 1. The van der Waals surface area contributed by atoms with Crippen LogP contribution in [-0.4, -0.2) is 27.6 Å². The van der Waals surface area contributed by atoms with Crippen molar-refractivity contribution in [3.63, 3.8) is 0 Å². The van der Waals surface area contributed by atoms with Crippen molar-refractivity contribution in [2.24, 2.45) is 0 Å². The first-order valence-corrected chi connectivity index (χ1v) is 7.49. The fourth-order valence-electron chi connectivity index (χ4n) is 2.90. The monoisotopic (exact) mass is 296 g/mol. The van der Waals surface area contributed by atoms with E-state index in [9.17, 15) is 4.39 Å². The third kappa shape index (κ3) is 2.54. The Morgan fingerprint density at radius 2 is 2.35 bits per heavy atom. The molecule has 1 aromatic heterocycles. The van der Waals surface area contributed by atoms with Crippen LogP contribution in [0.1, 0.15) is 25.6 Å². The second-order valence-corrected chi connectivity index (χ2v) is 5.97. The molecule has 108 valence electrons. The molecule has 1 aromatic carbocycles. The largest absolute Gasteiger partial charge is 0.373 e. The Bertz CT molecular complexity index is 620. The number of aromatic nitrogens is 2. The quantitative estimate of drug-likeness (QED) is 0.807. The van der Waals surface area contributed by atoms with E-state index in [1.165, 1.54) is 12.1 Å². The van der Waals surface area contributed by atoms with Gasteiger partial charge in [-0.2, -0.15) is 0 Å². The molecule has 0 N–H and O–H groups in total. The van der Waals surface area contributed by atoms with Crippen LogP contribution in [-0.2, 0) is 17.7 Å². The zero-order chi connectivity index (χ0) is 14.2. The molecule has 0 radical (unpaired) electrons. The molecule has 5 heteroatoms. The Kier molecular flexibility index (Phi) is 3.69. The summed E-state index contributed by atoms with van der Waals surface area (Å²) in [6, 6.07) is 4.73. The zero-order valence-corrected chi connectivity index (χ0v) is 12.3. The van der Waals surface area contributed by atoms with E-state index in [1.54, 1.807) is 6.07 Å². The van der Waals surface area contributed by atoms with Crippen LogP contribution in [0.25, 0.3) is 11.0 Å². The lowest BCUT2D eigenvalue weighted by Crippen LogP contribution is -2.30. The molecule has 1 aliphatic heterocycles. The molecule has 2 aromatic rings. The van der Waals surface area contributed by atoms with Crippen molar-refractivity contribution in [2.45, 2.75) is 38.3 Å². The maximum atomic E-state index is 13.3. The second-order valence-electron chi connectivity index (χ2n) is 5.59. The molecular formula is C15H18ClFN2O. The Morgan fingerprint density at radius 3 is 3.05 bits per heavy atom. The normalized spacial score (nSPS) is 22.8. The summed E-state index contributed by atoms with van der Waals surface area (Å²) in [7, 11) is 0. The van der Waals surface area contributed by atoms with Crippen LogP contribution in [0, 0.1) is 5.82 Å². The van der Waals surface area contributed by atoms with Crippen molar-refractivity contribution >= 4 is 22.6 Å². The molecule has 2 heterocycles. The summed E-state index contributed by atoms with van der Waals surface area (Å²) in [6.07, 6.45) is 2.80. The number of imidazole rings is 1. The Labute approximate surface area is 122 Å². The van der Waals surface area contributed by atoms with Crippen LogP contribution in [0.4, 0.5) is 4.39 Å². The Hall–Kier alpha value is -1.13. The molecule has 1 saturated heterocycles. The number of aryl methyl sites for hydroxylation is 1. The minimum atomic E-state index is -0.261. The molecule has 20 heavy (non-hydrogen) atoms. The van der Waals surface area contributed by atoms with Crippen molar-refractivity contribution in [3.8, 4) is 0 Å². The average Bonchev–Trinajstić information content (AvgIpc) is 2.96. The van der Waals surface area contributed by atoms with Crippen LogP contribution in [0.2, 0.25) is 0 Å². The predicted molar refractivity (Wildman–Crippen MR) is 77.7 cm³/mol. The Morgan fingerprint density at radius 1 is 1.50 bits per heavy atom. The molecule has 0 saturated carbocycles. The van der Waals surface area contributed by atoms with E-state index in [-0.39, 0.29) is 11.4 Å². The SMILES string of the molecule is CC1(Cn2c(CCCl)nc3cc(F)ccc32)CCCO1. The zero-order valence-electron chi connectivity index (χ0n) is 11.5. The molecule has 0 amide bonds. The van der Waals surface area contributed by atoms with Crippen molar-refractivity contribution in [2.75, 3.05) is 12.5 Å². The number of rotatable bonds is 4. The molecule has 1 fully saturated rings. The maximum Gasteiger partial charge on any atom is 0.125 e. The molecule has 0 bridgehead atoms. The van der Waals surface area contributed by atoms with Gasteiger partial charge in [-0.05, 0) is 31.9 Å². The number of nitrogens with zero attached hydrogens (tertiary/aromatic N) is 2. The number of alkyl halides is 1. The Balaban J connectivity index is 2.04. The first kappa shape index (κ1) is 13.8. The summed E-state index contributed by atoms with van der Waals surface area (Å²) >= 11 is 5.86. The highest BCUT2D eigenvalue weighted by molar-refractivity contribution is 6.17. The van der Waals surface area contributed by atoms with Crippen LogP contribution in [0.5, 0.6) is 0 Å². The topological polar surface area (TPSA) is 27.1 Å². The van der Waals surface area contributed by atoms with E-state index in [1.807, 2.05) is 0 Å². The summed E-state index contributed by atoms with van der Waals surface area (Å²) in [5.41, 5.74) is 1.47. The number of hydrogen-bond donors (Lipinski definition) is 0. The predicted octanol–water partition coefficient (Wildman–Crippen LogP) is 3.53. The number of benzene rings is 1. The van der Waals surface area contributed by atoms with Crippen molar-refractivity contribution in [3.05, 3.63) is 29.8 Å². The summed E-state index contributed by atoms with van der Waals surface area (Å²) in [4.78, 5) is 4.52. The van der Waals surface area contributed by atoms with E-state index < -0.39 is 0 Å². The van der Waals surface area contributed by atoms with Crippen molar-refractivity contribution < 1.29 is 9.13 Å². The fraction of sp³-hybridized carbons (Fsp3) is 0.533. The van der Waals surface area contributed by atoms with Gasteiger partial charge in [-0.1, -0.05) is 0 Å². The van der Waals surface area contributed by atoms with Gasteiger partial charge in [0.2, 0.25) is 0 Å². The van der Waals surface area contributed by atoms with Gasteiger partial charge in [-0.15, -0.1) is 11.6 Å². The van der Waals surface area contributed by atoms with Crippen molar-refractivity contribution in [1.29, 1.82) is 0 Å². The number of ether oxygens (including phenoxy) is 1. The molecule has 3 nitrogen and oxygen atoms in total. The van der Waals surface area contributed by atoms with Crippen LogP contribution in [0.3, 0.4) is 0 Å². The van der Waals surface area contributed by atoms with E-state index in [4.69, 9.17) is 16.3 Å². The van der Waals surface area contributed by atoms with Gasteiger partial charge >= 0.3 is 0 Å². The van der Waals surface area contributed by atoms with Gasteiger partial charge in [-0.25, -0.2) is 9.37 Å². The highest BCUT2D eigenvalue weighted by Crippen LogP contribution is 2.29. The number of hydrogen-bond acceptors (Lipinski definition) is 2. The van der Waals surface area contributed by atoms with E-state index in [0.717, 1.165) is 37.3 Å². The minimum absolute atomic E-state index is 0.164. The van der Waals surface area contributed by atoms with E-state index >= 15 is 0 Å². The summed E-state index contributed by atoms with van der Waals surface area (Å²) in [5, 5.41) is 0. The molecule has 1 unspecified atom stereocenters. The van der Waals surface area contributed by atoms with Gasteiger partial charge in [0.15, 0.2) is 0 Å². The van der Waals surface area contributed by atoms with Gasteiger partial charge in [0.25, 0.3) is 0 Å². The molecule has 1 aliphatic rings. The maximum absolute atomic E-state index is 13.3. The lowest BCUT2D eigenvalue weighted by Gasteiger charge is -2.25. The van der Waals surface area contributed by atoms with Gasteiger partial charge in [0.1, 0.15) is 11.6 Å². The first-order chi connectivity index (χ1) is 9.61. The van der Waals surface area contributed by atoms with Crippen LogP contribution < -0.4 is 0 Å². The molecular weight excluding hydrogens is 279 g/mol. The summed E-state index contributed by atoms with van der Waals surface area (Å²) in [5.74, 6) is 1.14. The smallest absolute Gasteiger partial charge is 0.125 e. The highest BCUT2D eigenvalue weighted by Gasteiger charge is 2.31. The van der Waals surface area contributed by atoms with Crippen molar-refractivity contribution in [1.82, 2.24) is 9.55 Å². The second kappa shape index (κ2) is 5.34. The summed E-state index contributed by atoms with van der Waals surface area (Å²) < 4.78 is 21.3. The molecule has 3 rings (SSSR count). The molecule has 1 atom stereocenters. The summed E-state index contributed by atoms with van der Waals surface area (Å²) in [6.45, 7) is 3.67. The highest BCUT2D eigenvalue weighted by atomic mass is 35.5. The lowest BCUT2D eigenvalue weighted by molar-refractivity contribution is 0.00653. The van der Waals surface area contributed by atoms with Crippen LogP contribution in [0.15, 0.2) is 18.2 Å².